The van der Waals surface area contributed by atoms with E-state index >= 15 is 0 Å². The Hall–Kier alpha value is -1.35. The van der Waals surface area contributed by atoms with Crippen molar-refractivity contribution in [3.63, 3.8) is 0 Å². The molecule has 0 unspecified atom stereocenters. The zero-order valence-electron chi connectivity index (χ0n) is 10.8. The quantitative estimate of drug-likeness (QED) is 0.801. The molecule has 1 aliphatic heterocycles. The number of carbonyl (C=O) groups is 1. The fourth-order valence-corrected chi connectivity index (χ4v) is 3.26. The number of rotatable bonds is 2. The van der Waals surface area contributed by atoms with Gasteiger partial charge in [0.2, 0.25) is 0 Å². The van der Waals surface area contributed by atoms with Crippen LogP contribution in [0.3, 0.4) is 0 Å². The Morgan fingerprint density at radius 3 is 2.61 bits per heavy atom. The average Bonchev–Trinajstić information content (AvgIpc) is 2.73. The van der Waals surface area contributed by atoms with Crippen LogP contribution in [0.25, 0.3) is 0 Å². The zero-order valence-corrected chi connectivity index (χ0v) is 10.8. The lowest BCUT2D eigenvalue weighted by atomic mass is 9.94. The van der Waals surface area contributed by atoms with Crippen molar-refractivity contribution in [2.75, 3.05) is 7.11 Å². The second-order valence-corrected chi connectivity index (χ2v) is 5.18. The maximum atomic E-state index is 12.5. The normalized spacial score (nSPS) is 24.4. The average molecular weight is 245 g/mol. The van der Waals surface area contributed by atoms with Crippen molar-refractivity contribution < 1.29 is 9.53 Å². The summed E-state index contributed by atoms with van der Waals surface area (Å²) in [6.07, 6.45) is 5.78. The van der Waals surface area contributed by atoms with Crippen LogP contribution in [-0.4, -0.2) is 24.0 Å². The van der Waals surface area contributed by atoms with Crippen molar-refractivity contribution >= 4 is 5.91 Å². The van der Waals surface area contributed by atoms with Crippen LogP contribution in [0.2, 0.25) is 0 Å². The highest BCUT2D eigenvalue weighted by molar-refractivity contribution is 5.99. The summed E-state index contributed by atoms with van der Waals surface area (Å²) in [6.45, 7) is 0. The van der Waals surface area contributed by atoms with Gasteiger partial charge in [0.05, 0.1) is 0 Å². The molecule has 0 N–H and O–H groups in total. The van der Waals surface area contributed by atoms with Crippen LogP contribution in [0, 0.1) is 0 Å². The molecule has 1 aliphatic carbocycles. The largest absolute Gasteiger partial charge is 0.357 e. The standard InChI is InChI=1S/C15H19NO2/c1-18-15-13-10-6-5-9-12(13)14(17)16(15)11-7-3-2-4-8-11/h5-6,9-11,15H,2-4,7-8H2,1H3/t15-/m1/s1. The Labute approximate surface area is 108 Å². The SMILES string of the molecule is CO[C@@H]1c2ccccc2C(=O)N1C1CCCCC1. The first-order valence-electron chi connectivity index (χ1n) is 6.77. The second-order valence-electron chi connectivity index (χ2n) is 5.18. The predicted octanol–water partition coefficient (Wildman–Crippen LogP) is 3.12. The van der Waals surface area contributed by atoms with Gasteiger partial charge < -0.3 is 9.64 Å². The van der Waals surface area contributed by atoms with Gasteiger partial charge in [-0.2, -0.15) is 0 Å². The summed E-state index contributed by atoms with van der Waals surface area (Å²) in [4.78, 5) is 14.5. The number of ether oxygens (including phenoxy) is 1. The molecule has 3 nitrogen and oxygen atoms in total. The number of benzene rings is 1. The Bertz CT molecular complexity index is 452. The van der Waals surface area contributed by atoms with E-state index in [4.69, 9.17) is 4.74 Å². The van der Waals surface area contributed by atoms with Crippen LogP contribution in [-0.2, 0) is 4.74 Å². The van der Waals surface area contributed by atoms with Gasteiger partial charge >= 0.3 is 0 Å². The van der Waals surface area contributed by atoms with Crippen molar-refractivity contribution in [1.29, 1.82) is 0 Å². The fraction of sp³-hybridized carbons (Fsp3) is 0.533. The monoisotopic (exact) mass is 245 g/mol. The lowest BCUT2D eigenvalue weighted by molar-refractivity contribution is -0.0375. The molecule has 1 fully saturated rings. The van der Waals surface area contributed by atoms with Crippen LogP contribution in [0.1, 0.15) is 54.3 Å². The molecule has 0 bridgehead atoms. The first kappa shape index (κ1) is 11.7. The highest BCUT2D eigenvalue weighted by atomic mass is 16.5. The minimum absolute atomic E-state index is 0.143. The number of carbonyl (C=O) groups excluding carboxylic acids is 1. The molecule has 3 rings (SSSR count). The molecule has 1 atom stereocenters. The van der Waals surface area contributed by atoms with E-state index in [1.807, 2.05) is 29.2 Å². The molecule has 0 spiro atoms. The topological polar surface area (TPSA) is 29.5 Å². The van der Waals surface area contributed by atoms with E-state index in [9.17, 15) is 4.79 Å². The first-order chi connectivity index (χ1) is 8.83. The Kier molecular flexibility index (Phi) is 3.08. The van der Waals surface area contributed by atoms with Gasteiger partial charge in [-0.3, -0.25) is 4.79 Å². The number of methoxy groups -OCH3 is 1. The van der Waals surface area contributed by atoms with E-state index in [1.54, 1.807) is 7.11 Å². The molecule has 2 aliphatic rings. The molecule has 1 aromatic carbocycles. The third-order valence-electron chi connectivity index (χ3n) is 4.14. The summed E-state index contributed by atoms with van der Waals surface area (Å²) >= 11 is 0. The summed E-state index contributed by atoms with van der Waals surface area (Å²) in [5.74, 6) is 0.143. The molecule has 1 saturated carbocycles. The summed E-state index contributed by atoms with van der Waals surface area (Å²) in [5.41, 5.74) is 1.84. The zero-order chi connectivity index (χ0) is 12.5. The maximum Gasteiger partial charge on any atom is 0.256 e. The number of nitrogens with zero attached hydrogens (tertiary/aromatic N) is 1. The third-order valence-corrected chi connectivity index (χ3v) is 4.14. The summed E-state index contributed by atoms with van der Waals surface area (Å²) in [7, 11) is 1.69. The Morgan fingerprint density at radius 1 is 1.17 bits per heavy atom. The molecule has 18 heavy (non-hydrogen) atoms. The predicted molar refractivity (Wildman–Crippen MR) is 69.2 cm³/mol. The van der Waals surface area contributed by atoms with E-state index in [-0.39, 0.29) is 12.1 Å². The van der Waals surface area contributed by atoms with Crippen LogP contribution in [0.4, 0.5) is 0 Å². The van der Waals surface area contributed by atoms with Gasteiger partial charge in [0, 0.05) is 24.3 Å². The van der Waals surface area contributed by atoms with Gasteiger partial charge in [0.1, 0.15) is 0 Å². The van der Waals surface area contributed by atoms with Gasteiger partial charge in [-0.25, -0.2) is 0 Å². The maximum absolute atomic E-state index is 12.5. The van der Waals surface area contributed by atoms with Crippen LogP contribution in [0.15, 0.2) is 24.3 Å². The molecule has 96 valence electrons. The van der Waals surface area contributed by atoms with Crippen molar-refractivity contribution in [2.24, 2.45) is 0 Å². The molecule has 0 radical (unpaired) electrons. The highest BCUT2D eigenvalue weighted by Gasteiger charge is 2.40. The summed E-state index contributed by atoms with van der Waals surface area (Å²) < 4.78 is 5.58. The van der Waals surface area contributed by atoms with Gasteiger partial charge in [-0.15, -0.1) is 0 Å². The van der Waals surface area contributed by atoms with Gasteiger partial charge in [0.15, 0.2) is 6.23 Å². The van der Waals surface area contributed by atoms with Gasteiger partial charge in [-0.1, -0.05) is 37.5 Å². The number of amides is 1. The molecular weight excluding hydrogens is 226 g/mol. The number of hydrogen-bond acceptors (Lipinski definition) is 2. The molecular formula is C15H19NO2. The van der Waals surface area contributed by atoms with Crippen molar-refractivity contribution in [2.45, 2.75) is 44.4 Å². The van der Waals surface area contributed by atoms with Crippen LogP contribution in [0.5, 0.6) is 0 Å². The van der Waals surface area contributed by atoms with Crippen molar-refractivity contribution in [1.82, 2.24) is 4.90 Å². The van der Waals surface area contributed by atoms with E-state index < -0.39 is 0 Å². The molecule has 0 aromatic heterocycles. The van der Waals surface area contributed by atoms with E-state index in [0.717, 1.165) is 24.0 Å². The second kappa shape index (κ2) is 4.73. The Balaban J connectivity index is 1.94. The molecule has 3 heteroatoms. The smallest absolute Gasteiger partial charge is 0.256 e. The highest BCUT2D eigenvalue weighted by Crippen LogP contribution is 2.38. The fourth-order valence-electron chi connectivity index (χ4n) is 3.26. The van der Waals surface area contributed by atoms with Gasteiger partial charge in [0.25, 0.3) is 5.91 Å². The van der Waals surface area contributed by atoms with E-state index in [1.165, 1.54) is 19.3 Å². The van der Waals surface area contributed by atoms with Crippen LogP contribution < -0.4 is 0 Å². The van der Waals surface area contributed by atoms with E-state index in [2.05, 4.69) is 0 Å². The van der Waals surface area contributed by atoms with Crippen LogP contribution >= 0.6 is 0 Å². The Morgan fingerprint density at radius 2 is 1.89 bits per heavy atom. The van der Waals surface area contributed by atoms with Crippen molar-refractivity contribution in [3.8, 4) is 0 Å². The summed E-state index contributed by atoms with van der Waals surface area (Å²) in [6, 6.07) is 8.16. The summed E-state index contributed by atoms with van der Waals surface area (Å²) in [5, 5.41) is 0. The van der Waals surface area contributed by atoms with E-state index in [0.29, 0.717) is 6.04 Å². The molecule has 0 saturated heterocycles. The van der Waals surface area contributed by atoms with Gasteiger partial charge in [-0.05, 0) is 18.9 Å². The third kappa shape index (κ3) is 1.74. The molecule has 1 aromatic rings. The lowest BCUT2D eigenvalue weighted by Gasteiger charge is -2.35. The number of hydrogen-bond donors (Lipinski definition) is 0. The molecule has 1 amide bonds. The number of fused-ring (bicyclic) bond motifs is 1. The lowest BCUT2D eigenvalue weighted by Crippen LogP contribution is -2.40. The molecule has 1 heterocycles. The first-order valence-corrected chi connectivity index (χ1v) is 6.77. The minimum Gasteiger partial charge on any atom is -0.357 e. The minimum atomic E-state index is -0.184. The van der Waals surface area contributed by atoms with Crippen molar-refractivity contribution in [3.05, 3.63) is 35.4 Å².